The highest BCUT2D eigenvalue weighted by atomic mass is 15.3. The lowest BCUT2D eigenvalue weighted by atomic mass is 10.2. The summed E-state index contributed by atoms with van der Waals surface area (Å²) >= 11 is 0. The van der Waals surface area contributed by atoms with E-state index in [1.807, 2.05) is 16.9 Å². The van der Waals surface area contributed by atoms with Gasteiger partial charge in [-0.2, -0.15) is 10.4 Å². The molecule has 1 saturated carbocycles. The quantitative estimate of drug-likeness (QED) is 0.728. The number of fused-ring (bicyclic) bond motifs is 3. The van der Waals surface area contributed by atoms with Gasteiger partial charge in [0.2, 0.25) is 0 Å². The first-order valence-electron chi connectivity index (χ1n) is 5.66. The maximum atomic E-state index is 8.69. The van der Waals surface area contributed by atoms with Gasteiger partial charge in [-0.25, -0.2) is 14.6 Å². The minimum Gasteiger partial charge on any atom is -0.240 e. The van der Waals surface area contributed by atoms with Crippen molar-refractivity contribution in [3.8, 4) is 11.9 Å². The van der Waals surface area contributed by atoms with Crippen LogP contribution < -0.4 is 0 Å². The SMILES string of the molecule is N#Cc1cnc(-n2ncc3c2[C@@H]2C[C@@H]2C3)cn1. The van der Waals surface area contributed by atoms with Gasteiger partial charge in [0.25, 0.3) is 0 Å². The van der Waals surface area contributed by atoms with Gasteiger partial charge in [-0.3, -0.25) is 0 Å². The summed E-state index contributed by atoms with van der Waals surface area (Å²) in [6.45, 7) is 0. The third-order valence-corrected chi connectivity index (χ3v) is 3.61. The van der Waals surface area contributed by atoms with Gasteiger partial charge in [0.05, 0.1) is 24.3 Å². The van der Waals surface area contributed by atoms with Gasteiger partial charge in [-0.05, 0) is 24.3 Å². The average Bonchev–Trinajstić information content (AvgIpc) is 2.85. The second-order valence-corrected chi connectivity index (χ2v) is 4.64. The predicted octanol–water partition coefficient (Wildman–Crippen LogP) is 1.19. The van der Waals surface area contributed by atoms with Crippen molar-refractivity contribution < 1.29 is 0 Å². The molecule has 2 heterocycles. The number of rotatable bonds is 1. The van der Waals surface area contributed by atoms with Crippen molar-refractivity contribution in [2.45, 2.75) is 18.8 Å². The fourth-order valence-corrected chi connectivity index (χ4v) is 2.71. The van der Waals surface area contributed by atoms with E-state index in [0.717, 1.165) is 12.3 Å². The molecule has 0 radical (unpaired) electrons. The van der Waals surface area contributed by atoms with Crippen LogP contribution in [0.4, 0.5) is 0 Å². The van der Waals surface area contributed by atoms with Gasteiger partial charge in [-0.15, -0.1) is 0 Å². The van der Waals surface area contributed by atoms with Crippen molar-refractivity contribution in [1.82, 2.24) is 19.7 Å². The van der Waals surface area contributed by atoms with Crippen molar-refractivity contribution >= 4 is 0 Å². The largest absolute Gasteiger partial charge is 0.240 e. The van der Waals surface area contributed by atoms with Gasteiger partial charge in [0.1, 0.15) is 6.07 Å². The van der Waals surface area contributed by atoms with Crippen LogP contribution in [0.1, 0.15) is 29.3 Å². The zero-order valence-electron chi connectivity index (χ0n) is 9.04. The molecule has 5 nitrogen and oxygen atoms in total. The van der Waals surface area contributed by atoms with Crippen LogP contribution in [-0.2, 0) is 6.42 Å². The van der Waals surface area contributed by atoms with Crippen LogP contribution >= 0.6 is 0 Å². The molecule has 82 valence electrons. The van der Waals surface area contributed by atoms with Gasteiger partial charge < -0.3 is 0 Å². The zero-order valence-corrected chi connectivity index (χ0v) is 9.04. The van der Waals surface area contributed by atoms with E-state index in [4.69, 9.17) is 5.26 Å². The van der Waals surface area contributed by atoms with E-state index < -0.39 is 0 Å². The molecular formula is C12H9N5. The predicted molar refractivity (Wildman–Crippen MR) is 58.4 cm³/mol. The van der Waals surface area contributed by atoms with Crippen LogP contribution in [0.2, 0.25) is 0 Å². The van der Waals surface area contributed by atoms with Crippen molar-refractivity contribution in [1.29, 1.82) is 5.26 Å². The lowest BCUT2D eigenvalue weighted by Crippen LogP contribution is -2.04. The molecule has 2 aliphatic rings. The Bertz CT molecular complexity index is 634. The Morgan fingerprint density at radius 2 is 2.24 bits per heavy atom. The zero-order chi connectivity index (χ0) is 11.4. The lowest BCUT2D eigenvalue weighted by molar-refractivity contribution is 0.765. The summed E-state index contributed by atoms with van der Waals surface area (Å²) < 4.78 is 1.88. The Balaban J connectivity index is 1.82. The van der Waals surface area contributed by atoms with Crippen LogP contribution in [0, 0.1) is 17.2 Å². The summed E-state index contributed by atoms with van der Waals surface area (Å²) in [5.41, 5.74) is 2.98. The first-order valence-corrected chi connectivity index (χ1v) is 5.66. The van der Waals surface area contributed by atoms with Crippen molar-refractivity contribution in [3.63, 3.8) is 0 Å². The lowest BCUT2D eigenvalue weighted by Gasteiger charge is -2.04. The molecule has 0 saturated heterocycles. The van der Waals surface area contributed by atoms with E-state index in [9.17, 15) is 0 Å². The number of aromatic nitrogens is 4. The van der Waals surface area contributed by atoms with Gasteiger partial charge in [-0.1, -0.05) is 0 Å². The molecule has 0 spiro atoms. The number of nitriles is 1. The summed E-state index contributed by atoms with van der Waals surface area (Å²) in [4.78, 5) is 8.27. The fraction of sp³-hybridized carbons (Fsp3) is 0.333. The molecule has 2 aliphatic carbocycles. The van der Waals surface area contributed by atoms with Gasteiger partial charge in [0, 0.05) is 5.92 Å². The highest BCUT2D eigenvalue weighted by molar-refractivity contribution is 5.40. The average molecular weight is 223 g/mol. The Hall–Kier alpha value is -2.22. The molecule has 1 fully saturated rings. The second kappa shape index (κ2) is 2.92. The first-order chi connectivity index (χ1) is 8.36. The highest BCUT2D eigenvalue weighted by Crippen LogP contribution is 2.56. The van der Waals surface area contributed by atoms with E-state index >= 15 is 0 Å². The smallest absolute Gasteiger partial charge is 0.172 e. The van der Waals surface area contributed by atoms with E-state index in [1.54, 1.807) is 6.20 Å². The van der Waals surface area contributed by atoms with Crippen molar-refractivity contribution in [2.24, 2.45) is 5.92 Å². The Morgan fingerprint density at radius 1 is 1.29 bits per heavy atom. The fourth-order valence-electron chi connectivity index (χ4n) is 2.71. The van der Waals surface area contributed by atoms with E-state index in [-0.39, 0.29) is 0 Å². The van der Waals surface area contributed by atoms with E-state index in [1.165, 1.54) is 23.9 Å². The number of nitrogens with zero attached hydrogens (tertiary/aromatic N) is 5. The molecule has 0 bridgehead atoms. The molecule has 0 unspecified atom stereocenters. The first kappa shape index (κ1) is 8.88. The summed E-state index contributed by atoms with van der Waals surface area (Å²) in [6.07, 6.45) is 7.47. The summed E-state index contributed by atoms with van der Waals surface area (Å²) in [5, 5.41) is 13.1. The minimum absolute atomic E-state index is 0.335. The monoisotopic (exact) mass is 223 g/mol. The molecule has 2 atom stereocenters. The summed E-state index contributed by atoms with van der Waals surface area (Å²) in [7, 11) is 0. The van der Waals surface area contributed by atoms with Crippen molar-refractivity contribution in [2.75, 3.05) is 0 Å². The molecule has 0 amide bonds. The summed E-state index contributed by atoms with van der Waals surface area (Å²) in [6, 6.07) is 1.97. The van der Waals surface area contributed by atoms with Crippen LogP contribution in [-0.4, -0.2) is 19.7 Å². The topological polar surface area (TPSA) is 67.4 Å². The van der Waals surface area contributed by atoms with Crippen LogP contribution in [0.15, 0.2) is 18.6 Å². The van der Waals surface area contributed by atoms with Gasteiger partial charge in [0.15, 0.2) is 11.5 Å². The molecule has 2 aromatic heterocycles. The third-order valence-electron chi connectivity index (χ3n) is 3.61. The maximum Gasteiger partial charge on any atom is 0.172 e. The molecule has 5 heteroatoms. The van der Waals surface area contributed by atoms with Crippen LogP contribution in [0.3, 0.4) is 0 Å². The number of hydrogen-bond donors (Lipinski definition) is 0. The molecule has 0 aliphatic heterocycles. The molecule has 0 N–H and O–H groups in total. The molecule has 0 aromatic carbocycles. The summed E-state index contributed by atoms with van der Waals surface area (Å²) in [5.74, 6) is 2.21. The molecular weight excluding hydrogens is 214 g/mol. The van der Waals surface area contributed by atoms with Crippen molar-refractivity contribution in [3.05, 3.63) is 35.5 Å². The Kier molecular flexibility index (Phi) is 1.52. The van der Waals surface area contributed by atoms with Crippen LogP contribution in [0.5, 0.6) is 0 Å². The third kappa shape index (κ3) is 1.15. The Morgan fingerprint density at radius 3 is 3.00 bits per heavy atom. The highest BCUT2D eigenvalue weighted by Gasteiger charge is 2.48. The molecule has 2 aromatic rings. The van der Waals surface area contributed by atoms with E-state index in [0.29, 0.717) is 17.4 Å². The molecule has 4 rings (SSSR count). The van der Waals surface area contributed by atoms with Gasteiger partial charge >= 0.3 is 0 Å². The van der Waals surface area contributed by atoms with Crippen LogP contribution in [0.25, 0.3) is 5.82 Å². The number of hydrogen-bond acceptors (Lipinski definition) is 4. The Labute approximate surface area is 97.7 Å². The normalized spacial score (nSPS) is 23.9. The second-order valence-electron chi connectivity index (χ2n) is 4.64. The maximum absolute atomic E-state index is 8.69. The van der Waals surface area contributed by atoms with E-state index in [2.05, 4.69) is 15.1 Å². The minimum atomic E-state index is 0.335. The standard InChI is InChI=1S/C12H9N5/c13-3-9-5-15-11(6-14-9)17-12-8(4-16-17)1-7-2-10(7)12/h4-7,10H,1-2H2/t7-,10+/m0/s1. The molecule has 17 heavy (non-hydrogen) atoms.